The van der Waals surface area contributed by atoms with Gasteiger partial charge in [-0.15, -0.1) is 0 Å². The van der Waals surface area contributed by atoms with Gasteiger partial charge in [0.1, 0.15) is 13.2 Å². The molecule has 3 unspecified atom stereocenters. The van der Waals surface area contributed by atoms with E-state index in [9.17, 15) is 13.2 Å². The number of ether oxygens (including phenoxy) is 2. The van der Waals surface area contributed by atoms with Crippen LogP contribution in [0.5, 0.6) is 11.5 Å². The van der Waals surface area contributed by atoms with Gasteiger partial charge >= 0.3 is 0 Å². The summed E-state index contributed by atoms with van der Waals surface area (Å²) in [5.74, 6) is 1.41. The summed E-state index contributed by atoms with van der Waals surface area (Å²) in [4.78, 5) is 13.4. The number of hydrogen-bond acceptors (Lipinski definition) is 5. The van der Waals surface area contributed by atoms with E-state index in [0.29, 0.717) is 44.3 Å². The van der Waals surface area contributed by atoms with Crippen LogP contribution in [0, 0.1) is 22.7 Å². The molecule has 6 nitrogen and oxygen atoms in total. The van der Waals surface area contributed by atoms with Gasteiger partial charge in [0.15, 0.2) is 11.5 Å². The third-order valence-electron chi connectivity index (χ3n) is 8.80. The van der Waals surface area contributed by atoms with Crippen LogP contribution in [0.1, 0.15) is 51.0 Å². The van der Waals surface area contributed by atoms with Gasteiger partial charge in [-0.05, 0) is 43.1 Å². The molecule has 1 aromatic carbocycles. The van der Waals surface area contributed by atoms with E-state index in [2.05, 4.69) is 13.8 Å². The molecule has 5 atom stereocenters. The fraction of sp³-hybridized carbons (Fsp3) is 0.682. The molecule has 3 saturated carbocycles. The Hall–Kier alpha value is -1.76. The lowest BCUT2D eigenvalue weighted by atomic mass is 9.69. The van der Waals surface area contributed by atoms with Gasteiger partial charge in [-0.1, -0.05) is 26.0 Å². The van der Waals surface area contributed by atoms with Crippen LogP contribution in [0.4, 0.5) is 0 Å². The molecule has 5 aliphatic rings. The van der Waals surface area contributed by atoms with E-state index in [1.54, 1.807) is 0 Å². The first kappa shape index (κ1) is 18.0. The SMILES string of the molecule is CC1(C)C2CCC13CN(C(=O)[C@H]1C[C@@H]1c1cccc4c1OCCO4)S(=O)(=O)C3C2. The minimum Gasteiger partial charge on any atom is -0.486 e. The maximum absolute atomic E-state index is 13.4. The Labute approximate surface area is 171 Å². The molecule has 6 rings (SSSR count). The molecule has 1 spiro atoms. The molecule has 0 N–H and O–H groups in total. The van der Waals surface area contributed by atoms with Crippen LogP contribution < -0.4 is 9.47 Å². The number of carbonyl (C=O) groups excluding carboxylic acids is 1. The van der Waals surface area contributed by atoms with Gasteiger partial charge in [0, 0.05) is 29.4 Å². The molecule has 7 heteroatoms. The van der Waals surface area contributed by atoms with Crippen molar-refractivity contribution in [2.75, 3.05) is 19.8 Å². The number of rotatable bonds is 2. The number of sulfonamides is 1. The van der Waals surface area contributed by atoms with Crippen molar-refractivity contribution in [2.24, 2.45) is 22.7 Å². The van der Waals surface area contributed by atoms with E-state index >= 15 is 0 Å². The normalized spacial score (nSPS) is 40.0. The number of carbonyl (C=O) groups is 1. The molecule has 4 fully saturated rings. The maximum Gasteiger partial charge on any atom is 0.240 e. The summed E-state index contributed by atoms with van der Waals surface area (Å²) < 4.78 is 39.4. The lowest BCUT2D eigenvalue weighted by Crippen LogP contribution is -2.40. The van der Waals surface area contributed by atoms with Crippen molar-refractivity contribution in [3.05, 3.63) is 23.8 Å². The Morgan fingerprint density at radius 2 is 1.97 bits per heavy atom. The topological polar surface area (TPSA) is 72.9 Å². The molecule has 0 radical (unpaired) electrons. The van der Waals surface area contributed by atoms with Gasteiger partial charge in [-0.3, -0.25) is 4.79 Å². The number of hydrogen-bond donors (Lipinski definition) is 0. The average molecular weight is 418 g/mol. The Bertz CT molecular complexity index is 1020. The van der Waals surface area contributed by atoms with E-state index in [1.807, 2.05) is 18.2 Å². The third kappa shape index (κ3) is 2.12. The van der Waals surface area contributed by atoms with Gasteiger partial charge in [0.25, 0.3) is 0 Å². The zero-order chi connectivity index (χ0) is 20.2. The second-order valence-electron chi connectivity index (χ2n) is 10.0. The summed E-state index contributed by atoms with van der Waals surface area (Å²) in [6.07, 6.45) is 3.39. The molecule has 1 saturated heterocycles. The highest BCUT2D eigenvalue weighted by Crippen LogP contribution is 2.70. The minimum atomic E-state index is -3.58. The summed E-state index contributed by atoms with van der Waals surface area (Å²) in [5.41, 5.74) is 0.683. The molecule has 2 heterocycles. The molecule has 3 aliphatic carbocycles. The molecule has 2 bridgehead atoms. The lowest BCUT2D eigenvalue weighted by Gasteiger charge is -2.36. The first-order valence-corrected chi connectivity index (χ1v) is 12.2. The van der Waals surface area contributed by atoms with Gasteiger partial charge in [0.2, 0.25) is 15.9 Å². The second-order valence-corrected chi connectivity index (χ2v) is 12.1. The Kier molecular flexibility index (Phi) is 3.41. The fourth-order valence-corrected chi connectivity index (χ4v) is 9.52. The molecular formula is C22H27NO5S. The van der Waals surface area contributed by atoms with Crippen molar-refractivity contribution in [3.8, 4) is 11.5 Å². The molecule has 156 valence electrons. The van der Waals surface area contributed by atoms with Crippen LogP contribution in [0.25, 0.3) is 0 Å². The highest BCUT2D eigenvalue weighted by Gasteiger charge is 2.73. The van der Waals surface area contributed by atoms with Crippen LogP contribution in [0.15, 0.2) is 18.2 Å². The summed E-state index contributed by atoms with van der Waals surface area (Å²) in [6.45, 7) is 5.81. The van der Waals surface area contributed by atoms with E-state index in [1.165, 1.54) is 4.31 Å². The fourth-order valence-electron chi connectivity index (χ4n) is 6.87. The van der Waals surface area contributed by atoms with E-state index in [-0.39, 0.29) is 33.8 Å². The number of fused-ring (bicyclic) bond motifs is 2. The van der Waals surface area contributed by atoms with Crippen molar-refractivity contribution in [3.63, 3.8) is 0 Å². The number of para-hydroxylation sites is 1. The van der Waals surface area contributed by atoms with E-state index < -0.39 is 10.0 Å². The van der Waals surface area contributed by atoms with E-state index in [4.69, 9.17) is 9.47 Å². The largest absolute Gasteiger partial charge is 0.486 e. The predicted molar refractivity (Wildman–Crippen MR) is 106 cm³/mol. The number of nitrogens with zero attached hydrogens (tertiary/aromatic N) is 1. The molecule has 0 aromatic heterocycles. The zero-order valence-electron chi connectivity index (χ0n) is 16.9. The second kappa shape index (κ2) is 5.48. The maximum atomic E-state index is 13.4. The quantitative estimate of drug-likeness (QED) is 0.740. The highest BCUT2D eigenvalue weighted by atomic mass is 32.2. The summed E-state index contributed by atoms with van der Waals surface area (Å²) in [6, 6.07) is 5.77. The van der Waals surface area contributed by atoms with Crippen LogP contribution in [-0.4, -0.2) is 43.6 Å². The standard InChI is InChI=1S/C22H27NO5S/c1-21(2)13-6-7-22(21)12-23(29(25,26)18(22)10-13)20(24)16-11-15(16)14-4-3-5-17-19(14)28-9-8-27-17/h3-5,13,15-16,18H,6-12H2,1-2H3/t13?,15-,16+,18?,22?/m1/s1. The molecule has 2 aliphatic heterocycles. The summed E-state index contributed by atoms with van der Waals surface area (Å²) >= 11 is 0. The smallest absolute Gasteiger partial charge is 0.240 e. The predicted octanol–water partition coefficient (Wildman–Crippen LogP) is 2.93. The summed E-state index contributed by atoms with van der Waals surface area (Å²) in [5, 5.41) is -0.383. The Morgan fingerprint density at radius 3 is 2.72 bits per heavy atom. The van der Waals surface area contributed by atoms with Gasteiger partial charge < -0.3 is 9.47 Å². The Balaban J connectivity index is 1.29. The van der Waals surface area contributed by atoms with Gasteiger partial charge in [-0.25, -0.2) is 12.7 Å². The van der Waals surface area contributed by atoms with Crippen molar-refractivity contribution in [2.45, 2.75) is 50.7 Å². The average Bonchev–Trinajstić information content (AvgIpc) is 3.36. The van der Waals surface area contributed by atoms with Crippen molar-refractivity contribution < 1.29 is 22.7 Å². The minimum absolute atomic E-state index is 0.0108. The Morgan fingerprint density at radius 1 is 1.17 bits per heavy atom. The van der Waals surface area contributed by atoms with Crippen LogP contribution in [0.2, 0.25) is 0 Å². The van der Waals surface area contributed by atoms with Crippen LogP contribution >= 0.6 is 0 Å². The van der Waals surface area contributed by atoms with Crippen molar-refractivity contribution in [1.82, 2.24) is 4.31 Å². The molecule has 1 aromatic rings. The summed E-state index contributed by atoms with van der Waals surface area (Å²) in [7, 11) is -3.58. The number of benzene rings is 1. The van der Waals surface area contributed by atoms with Crippen LogP contribution in [0.3, 0.4) is 0 Å². The van der Waals surface area contributed by atoms with E-state index in [0.717, 1.165) is 24.2 Å². The lowest BCUT2D eigenvalue weighted by molar-refractivity contribution is -0.128. The first-order valence-electron chi connectivity index (χ1n) is 10.7. The van der Waals surface area contributed by atoms with Crippen molar-refractivity contribution in [1.29, 1.82) is 0 Å². The van der Waals surface area contributed by atoms with Gasteiger partial charge in [0.05, 0.1) is 5.25 Å². The third-order valence-corrected chi connectivity index (χ3v) is 11.1. The molecule has 1 amide bonds. The number of amides is 1. The molecule has 29 heavy (non-hydrogen) atoms. The monoisotopic (exact) mass is 417 g/mol. The zero-order valence-corrected chi connectivity index (χ0v) is 17.7. The highest BCUT2D eigenvalue weighted by molar-refractivity contribution is 7.90. The first-order chi connectivity index (χ1) is 13.8. The van der Waals surface area contributed by atoms with Crippen molar-refractivity contribution >= 4 is 15.9 Å². The molecular weight excluding hydrogens is 390 g/mol. The van der Waals surface area contributed by atoms with Gasteiger partial charge in [-0.2, -0.15) is 0 Å². The van der Waals surface area contributed by atoms with Crippen LogP contribution in [-0.2, 0) is 14.8 Å².